The number of hydrogen-bond acceptors (Lipinski definition) is 3. The Bertz CT molecular complexity index is 1070. The second kappa shape index (κ2) is 16.2. The SMILES string of the molecule is Cc1ccc(CCCC2CCN(C[C@@H]3CCC(N(C)C(=O)OCc4ccccc4)C3)CC2)cc1.c1ccccc1. The van der Waals surface area contributed by atoms with Crippen LogP contribution in [0.3, 0.4) is 0 Å². The summed E-state index contributed by atoms with van der Waals surface area (Å²) in [6, 6.07) is 31.3. The zero-order valence-electron chi connectivity index (χ0n) is 24.6. The second-order valence-corrected chi connectivity index (χ2v) is 11.8. The van der Waals surface area contributed by atoms with Crippen molar-refractivity contribution in [3.05, 3.63) is 108 Å². The van der Waals surface area contributed by atoms with Gasteiger partial charge in [0.1, 0.15) is 6.61 Å². The molecule has 2 atom stereocenters. The third-order valence-corrected chi connectivity index (χ3v) is 8.64. The molecular formula is C36H48N2O2. The van der Waals surface area contributed by atoms with Gasteiger partial charge in [-0.15, -0.1) is 0 Å². The molecule has 0 spiro atoms. The Morgan fingerprint density at radius 1 is 0.800 bits per heavy atom. The molecule has 2 aliphatic rings. The fourth-order valence-corrected chi connectivity index (χ4v) is 6.09. The molecule has 5 rings (SSSR count). The van der Waals surface area contributed by atoms with Crippen molar-refractivity contribution in [2.75, 3.05) is 26.7 Å². The van der Waals surface area contributed by atoms with Gasteiger partial charge < -0.3 is 14.5 Å². The zero-order chi connectivity index (χ0) is 28.0. The van der Waals surface area contributed by atoms with Gasteiger partial charge in [0.25, 0.3) is 0 Å². The van der Waals surface area contributed by atoms with Crippen molar-refractivity contribution >= 4 is 6.09 Å². The van der Waals surface area contributed by atoms with Crippen molar-refractivity contribution in [3.8, 4) is 0 Å². The van der Waals surface area contributed by atoms with E-state index < -0.39 is 0 Å². The van der Waals surface area contributed by atoms with Crippen LogP contribution in [0.4, 0.5) is 4.79 Å². The molecule has 214 valence electrons. The summed E-state index contributed by atoms with van der Waals surface area (Å²) in [5.41, 5.74) is 3.86. The minimum atomic E-state index is -0.194. The van der Waals surface area contributed by atoms with E-state index in [9.17, 15) is 4.79 Å². The Kier molecular flexibility index (Phi) is 12.1. The molecule has 2 fully saturated rings. The Balaban J connectivity index is 0.000000546. The summed E-state index contributed by atoms with van der Waals surface area (Å²) in [6.07, 6.45) is 9.80. The van der Waals surface area contributed by atoms with E-state index in [-0.39, 0.29) is 6.09 Å². The van der Waals surface area contributed by atoms with E-state index in [4.69, 9.17) is 4.74 Å². The number of benzene rings is 3. The molecule has 3 aromatic carbocycles. The van der Waals surface area contributed by atoms with Crippen LogP contribution in [0.15, 0.2) is 91.0 Å². The smallest absolute Gasteiger partial charge is 0.410 e. The molecule has 1 aliphatic carbocycles. The number of amides is 1. The van der Waals surface area contributed by atoms with Crippen LogP contribution in [0.2, 0.25) is 0 Å². The van der Waals surface area contributed by atoms with E-state index in [0.717, 1.165) is 24.3 Å². The van der Waals surface area contributed by atoms with Crippen molar-refractivity contribution in [1.82, 2.24) is 9.80 Å². The van der Waals surface area contributed by atoms with E-state index in [1.807, 2.05) is 78.7 Å². The minimum absolute atomic E-state index is 0.194. The van der Waals surface area contributed by atoms with Gasteiger partial charge in [0.15, 0.2) is 0 Å². The van der Waals surface area contributed by atoms with E-state index in [2.05, 4.69) is 36.1 Å². The fourth-order valence-electron chi connectivity index (χ4n) is 6.09. The van der Waals surface area contributed by atoms with Crippen LogP contribution in [0, 0.1) is 18.8 Å². The Morgan fingerprint density at radius 3 is 2.08 bits per heavy atom. The van der Waals surface area contributed by atoms with Gasteiger partial charge in [0.05, 0.1) is 0 Å². The Morgan fingerprint density at radius 2 is 1.43 bits per heavy atom. The number of carbonyl (C=O) groups excluding carboxylic acids is 1. The molecular weight excluding hydrogens is 492 g/mol. The predicted octanol–water partition coefficient (Wildman–Crippen LogP) is 8.15. The quantitative estimate of drug-likeness (QED) is 0.274. The van der Waals surface area contributed by atoms with E-state index >= 15 is 0 Å². The first kappa shape index (κ1) is 29.9. The van der Waals surface area contributed by atoms with Gasteiger partial charge in [-0.05, 0) is 87.9 Å². The van der Waals surface area contributed by atoms with Crippen molar-refractivity contribution in [3.63, 3.8) is 0 Å². The van der Waals surface area contributed by atoms with Crippen LogP contribution < -0.4 is 0 Å². The number of hydrogen-bond donors (Lipinski definition) is 0. The molecule has 0 radical (unpaired) electrons. The average Bonchev–Trinajstić information content (AvgIpc) is 3.47. The molecule has 1 aliphatic heterocycles. The lowest BCUT2D eigenvalue weighted by atomic mass is 9.90. The number of ether oxygens (including phenoxy) is 1. The molecule has 40 heavy (non-hydrogen) atoms. The van der Waals surface area contributed by atoms with Crippen LogP contribution in [-0.4, -0.2) is 48.6 Å². The monoisotopic (exact) mass is 540 g/mol. The lowest BCUT2D eigenvalue weighted by molar-refractivity contribution is 0.0901. The number of piperidine rings is 1. The highest BCUT2D eigenvalue weighted by Gasteiger charge is 2.32. The first-order valence-corrected chi connectivity index (χ1v) is 15.3. The number of nitrogens with zero attached hydrogens (tertiary/aromatic N) is 2. The Hall–Kier alpha value is -3.11. The largest absolute Gasteiger partial charge is 0.445 e. The molecule has 1 heterocycles. The predicted molar refractivity (Wildman–Crippen MR) is 165 cm³/mol. The summed E-state index contributed by atoms with van der Waals surface area (Å²) in [5.74, 6) is 1.59. The van der Waals surface area contributed by atoms with Crippen molar-refractivity contribution in [2.45, 2.75) is 70.9 Å². The summed E-state index contributed by atoms with van der Waals surface area (Å²) in [7, 11) is 1.91. The van der Waals surface area contributed by atoms with Crippen molar-refractivity contribution in [1.29, 1.82) is 0 Å². The molecule has 4 heteroatoms. The number of likely N-dealkylation sites (tertiary alicyclic amines) is 1. The molecule has 3 aromatic rings. The van der Waals surface area contributed by atoms with Gasteiger partial charge >= 0.3 is 6.09 Å². The summed E-state index contributed by atoms with van der Waals surface area (Å²) in [4.78, 5) is 17.0. The lowest BCUT2D eigenvalue weighted by Gasteiger charge is -2.34. The molecule has 1 saturated heterocycles. The highest BCUT2D eigenvalue weighted by molar-refractivity contribution is 5.67. The molecule has 0 bridgehead atoms. The minimum Gasteiger partial charge on any atom is -0.445 e. The maximum absolute atomic E-state index is 12.5. The van der Waals surface area contributed by atoms with Crippen molar-refractivity contribution in [2.24, 2.45) is 11.8 Å². The number of carbonyl (C=O) groups is 1. The van der Waals surface area contributed by atoms with Gasteiger partial charge in [-0.2, -0.15) is 0 Å². The maximum Gasteiger partial charge on any atom is 0.410 e. The number of rotatable bonds is 9. The third-order valence-electron chi connectivity index (χ3n) is 8.64. The first-order chi connectivity index (χ1) is 19.6. The van der Waals surface area contributed by atoms with E-state index in [1.54, 1.807) is 0 Å². The molecule has 1 saturated carbocycles. The standard InChI is InChI=1S/C30H42N2O2.C6H6/c1-24-11-13-25(14-12-24)9-6-10-26-17-19-32(20-18-26)22-28-15-16-29(21-28)31(2)30(33)34-23-27-7-4-3-5-8-27;1-2-4-6-5-3-1/h3-5,7-8,11-14,26,28-29H,6,9-10,15-23H2,1-2H3;1-6H/t28-,29?;/m1./s1. The van der Waals surface area contributed by atoms with Crippen LogP contribution in [-0.2, 0) is 17.8 Å². The average molecular weight is 541 g/mol. The van der Waals surface area contributed by atoms with E-state index in [0.29, 0.717) is 18.6 Å². The topological polar surface area (TPSA) is 32.8 Å². The highest BCUT2D eigenvalue weighted by atomic mass is 16.6. The fraction of sp³-hybridized carbons (Fsp3) is 0.472. The van der Waals surface area contributed by atoms with Crippen LogP contribution >= 0.6 is 0 Å². The lowest BCUT2D eigenvalue weighted by Crippen LogP contribution is -2.38. The first-order valence-electron chi connectivity index (χ1n) is 15.3. The van der Waals surface area contributed by atoms with Crippen LogP contribution in [0.25, 0.3) is 0 Å². The van der Waals surface area contributed by atoms with Gasteiger partial charge in [0, 0.05) is 19.6 Å². The van der Waals surface area contributed by atoms with Gasteiger partial charge in [-0.25, -0.2) is 4.79 Å². The van der Waals surface area contributed by atoms with Gasteiger partial charge in [-0.1, -0.05) is 103 Å². The molecule has 0 aromatic heterocycles. The van der Waals surface area contributed by atoms with Crippen LogP contribution in [0.5, 0.6) is 0 Å². The number of aryl methyl sites for hydroxylation is 2. The van der Waals surface area contributed by atoms with Gasteiger partial charge in [0.2, 0.25) is 0 Å². The molecule has 4 nitrogen and oxygen atoms in total. The molecule has 1 unspecified atom stereocenters. The van der Waals surface area contributed by atoms with Crippen LogP contribution in [0.1, 0.15) is 61.6 Å². The summed E-state index contributed by atoms with van der Waals surface area (Å²) < 4.78 is 5.54. The summed E-state index contributed by atoms with van der Waals surface area (Å²) in [5, 5.41) is 0. The van der Waals surface area contributed by atoms with E-state index in [1.165, 1.54) is 69.3 Å². The molecule has 0 N–H and O–H groups in total. The molecule has 1 amide bonds. The second-order valence-electron chi connectivity index (χ2n) is 11.8. The highest BCUT2D eigenvalue weighted by Crippen LogP contribution is 2.31. The summed E-state index contributed by atoms with van der Waals surface area (Å²) >= 11 is 0. The zero-order valence-corrected chi connectivity index (χ0v) is 24.6. The third kappa shape index (κ3) is 10.1. The Labute approximate surface area is 242 Å². The van der Waals surface area contributed by atoms with Gasteiger partial charge in [-0.3, -0.25) is 0 Å². The normalized spacial score (nSPS) is 19.4. The summed E-state index contributed by atoms with van der Waals surface area (Å²) in [6.45, 7) is 6.18. The maximum atomic E-state index is 12.5. The van der Waals surface area contributed by atoms with Crippen molar-refractivity contribution < 1.29 is 9.53 Å².